The van der Waals surface area contributed by atoms with Crippen LogP contribution in [0.2, 0.25) is 5.02 Å². The highest BCUT2D eigenvalue weighted by atomic mass is 35.5. The highest BCUT2D eigenvalue weighted by molar-refractivity contribution is 7.89. The van der Waals surface area contributed by atoms with Crippen molar-refractivity contribution < 1.29 is 13.2 Å². The van der Waals surface area contributed by atoms with Crippen LogP contribution in [-0.2, 0) is 16.6 Å². The summed E-state index contributed by atoms with van der Waals surface area (Å²) in [6.45, 7) is 0.192. The van der Waals surface area contributed by atoms with E-state index < -0.39 is 10.0 Å². The monoisotopic (exact) mass is 311 g/mol. The van der Waals surface area contributed by atoms with Crippen LogP contribution >= 0.6 is 11.6 Å². The van der Waals surface area contributed by atoms with E-state index in [4.69, 9.17) is 16.3 Å². The van der Waals surface area contributed by atoms with E-state index in [0.717, 1.165) is 5.56 Å². The fourth-order valence-corrected chi connectivity index (χ4v) is 3.01. The number of hydrogen-bond acceptors (Lipinski definition) is 3. The van der Waals surface area contributed by atoms with E-state index in [0.29, 0.717) is 10.8 Å². The van der Waals surface area contributed by atoms with Gasteiger partial charge in [-0.3, -0.25) is 0 Å². The predicted molar refractivity (Wildman–Crippen MR) is 78.5 cm³/mol. The summed E-state index contributed by atoms with van der Waals surface area (Å²) in [6, 6.07) is 13.5. The van der Waals surface area contributed by atoms with Crippen LogP contribution in [0.15, 0.2) is 53.4 Å². The molecule has 0 saturated carbocycles. The molecule has 0 aliphatic carbocycles. The molecular weight excluding hydrogens is 298 g/mol. The quantitative estimate of drug-likeness (QED) is 0.924. The summed E-state index contributed by atoms with van der Waals surface area (Å²) >= 11 is 5.78. The van der Waals surface area contributed by atoms with E-state index in [-0.39, 0.29) is 11.4 Å². The Balaban J connectivity index is 2.17. The topological polar surface area (TPSA) is 55.4 Å². The summed E-state index contributed by atoms with van der Waals surface area (Å²) in [5.41, 5.74) is 0.827. The number of nitrogens with one attached hydrogen (secondary N) is 1. The maximum Gasteiger partial charge on any atom is 0.244 e. The van der Waals surface area contributed by atoms with Gasteiger partial charge in [-0.05, 0) is 29.8 Å². The van der Waals surface area contributed by atoms with Crippen molar-refractivity contribution in [3.05, 3.63) is 59.1 Å². The molecule has 2 rings (SSSR count). The summed E-state index contributed by atoms with van der Waals surface area (Å²) < 4.78 is 32.1. The molecule has 2 aromatic carbocycles. The number of ether oxygens (including phenoxy) is 1. The molecule has 0 aliphatic heterocycles. The van der Waals surface area contributed by atoms with Crippen LogP contribution in [0.5, 0.6) is 5.75 Å². The molecule has 0 spiro atoms. The first-order chi connectivity index (χ1) is 9.53. The van der Waals surface area contributed by atoms with Gasteiger partial charge >= 0.3 is 0 Å². The summed E-state index contributed by atoms with van der Waals surface area (Å²) in [6.07, 6.45) is 0. The van der Waals surface area contributed by atoms with Gasteiger partial charge < -0.3 is 4.74 Å². The molecule has 106 valence electrons. The molecule has 0 atom stereocenters. The van der Waals surface area contributed by atoms with E-state index >= 15 is 0 Å². The molecule has 2 aromatic rings. The number of methoxy groups -OCH3 is 1. The van der Waals surface area contributed by atoms with Crippen molar-refractivity contribution in [1.82, 2.24) is 4.72 Å². The van der Waals surface area contributed by atoms with Gasteiger partial charge in [0.15, 0.2) is 0 Å². The van der Waals surface area contributed by atoms with E-state index in [2.05, 4.69) is 4.72 Å². The first kappa shape index (κ1) is 14.8. The SMILES string of the molecule is COc1ccccc1S(=O)(=O)NCc1ccc(Cl)cc1. The summed E-state index contributed by atoms with van der Waals surface area (Å²) in [5, 5.41) is 0.612. The third-order valence-corrected chi connectivity index (χ3v) is 4.43. The number of halogens is 1. The Morgan fingerprint density at radius 3 is 2.40 bits per heavy atom. The molecular formula is C14H14ClNO3S. The van der Waals surface area contributed by atoms with Gasteiger partial charge in [0.2, 0.25) is 10.0 Å². The molecule has 0 saturated heterocycles. The van der Waals surface area contributed by atoms with Crippen LogP contribution in [0.1, 0.15) is 5.56 Å². The highest BCUT2D eigenvalue weighted by Gasteiger charge is 2.18. The lowest BCUT2D eigenvalue weighted by Gasteiger charge is -2.10. The Morgan fingerprint density at radius 2 is 1.75 bits per heavy atom. The summed E-state index contributed by atoms with van der Waals surface area (Å²) in [5.74, 6) is 0.316. The van der Waals surface area contributed by atoms with Gasteiger partial charge in [-0.25, -0.2) is 13.1 Å². The lowest BCUT2D eigenvalue weighted by atomic mass is 10.2. The molecule has 0 aromatic heterocycles. The Kier molecular flexibility index (Phi) is 4.65. The molecule has 0 radical (unpaired) electrons. The minimum absolute atomic E-state index is 0.122. The first-order valence-electron chi connectivity index (χ1n) is 5.90. The molecule has 0 bridgehead atoms. The summed E-state index contributed by atoms with van der Waals surface area (Å²) in [7, 11) is -2.18. The van der Waals surface area contributed by atoms with E-state index in [1.807, 2.05) is 0 Å². The maximum absolute atomic E-state index is 12.2. The zero-order valence-electron chi connectivity index (χ0n) is 10.8. The van der Waals surface area contributed by atoms with Crippen molar-refractivity contribution >= 4 is 21.6 Å². The van der Waals surface area contributed by atoms with Gasteiger partial charge in [0.1, 0.15) is 10.6 Å². The predicted octanol–water partition coefficient (Wildman–Crippen LogP) is 2.83. The van der Waals surface area contributed by atoms with Crippen molar-refractivity contribution in [1.29, 1.82) is 0 Å². The van der Waals surface area contributed by atoms with Gasteiger partial charge in [0.25, 0.3) is 0 Å². The normalized spacial score (nSPS) is 11.3. The Labute approximate surface area is 123 Å². The van der Waals surface area contributed by atoms with Crippen LogP contribution < -0.4 is 9.46 Å². The molecule has 20 heavy (non-hydrogen) atoms. The number of para-hydroxylation sites is 1. The molecule has 4 nitrogen and oxygen atoms in total. The van der Waals surface area contributed by atoms with Crippen LogP contribution in [0.4, 0.5) is 0 Å². The fourth-order valence-electron chi connectivity index (χ4n) is 1.70. The number of hydrogen-bond donors (Lipinski definition) is 1. The van der Waals surface area contributed by atoms with Crippen molar-refractivity contribution in [2.45, 2.75) is 11.4 Å². The lowest BCUT2D eigenvalue weighted by molar-refractivity contribution is 0.402. The Bertz CT molecular complexity index is 684. The van der Waals surface area contributed by atoms with Gasteiger partial charge in [-0.15, -0.1) is 0 Å². The average molecular weight is 312 g/mol. The third-order valence-electron chi connectivity index (χ3n) is 2.74. The van der Waals surface area contributed by atoms with Gasteiger partial charge in [-0.1, -0.05) is 35.9 Å². The van der Waals surface area contributed by atoms with E-state index in [1.54, 1.807) is 42.5 Å². The largest absolute Gasteiger partial charge is 0.495 e. The minimum atomic E-state index is -3.62. The second-order valence-corrected chi connectivity index (χ2v) is 6.27. The van der Waals surface area contributed by atoms with Gasteiger partial charge in [-0.2, -0.15) is 0 Å². The van der Waals surface area contributed by atoms with Crippen LogP contribution in [0.3, 0.4) is 0 Å². The van der Waals surface area contributed by atoms with Crippen molar-refractivity contribution in [3.8, 4) is 5.75 Å². The van der Waals surface area contributed by atoms with Crippen LogP contribution in [-0.4, -0.2) is 15.5 Å². The fraction of sp³-hybridized carbons (Fsp3) is 0.143. The number of rotatable bonds is 5. The molecule has 6 heteroatoms. The standard InChI is InChI=1S/C14H14ClNO3S/c1-19-13-4-2-3-5-14(13)20(17,18)16-10-11-6-8-12(15)9-7-11/h2-9,16H,10H2,1H3. The third kappa shape index (κ3) is 3.50. The second kappa shape index (κ2) is 6.26. The Morgan fingerprint density at radius 1 is 1.10 bits per heavy atom. The molecule has 0 heterocycles. The van der Waals surface area contributed by atoms with E-state index in [1.165, 1.54) is 13.2 Å². The van der Waals surface area contributed by atoms with Crippen LogP contribution in [0, 0.1) is 0 Å². The Hall–Kier alpha value is -1.56. The number of benzene rings is 2. The average Bonchev–Trinajstić information content (AvgIpc) is 2.46. The molecule has 0 unspecified atom stereocenters. The number of sulfonamides is 1. The zero-order valence-corrected chi connectivity index (χ0v) is 12.4. The van der Waals surface area contributed by atoms with Crippen LogP contribution in [0.25, 0.3) is 0 Å². The first-order valence-corrected chi connectivity index (χ1v) is 7.76. The van der Waals surface area contributed by atoms with Crippen molar-refractivity contribution in [3.63, 3.8) is 0 Å². The summed E-state index contributed by atoms with van der Waals surface area (Å²) in [4.78, 5) is 0.122. The highest BCUT2D eigenvalue weighted by Crippen LogP contribution is 2.22. The zero-order chi connectivity index (χ0) is 14.6. The lowest BCUT2D eigenvalue weighted by Crippen LogP contribution is -2.23. The van der Waals surface area contributed by atoms with E-state index in [9.17, 15) is 8.42 Å². The van der Waals surface area contributed by atoms with Gasteiger partial charge in [0.05, 0.1) is 7.11 Å². The van der Waals surface area contributed by atoms with Crippen molar-refractivity contribution in [2.24, 2.45) is 0 Å². The molecule has 0 fully saturated rings. The maximum atomic E-state index is 12.2. The molecule has 0 amide bonds. The smallest absolute Gasteiger partial charge is 0.244 e. The minimum Gasteiger partial charge on any atom is -0.495 e. The molecule has 1 N–H and O–H groups in total. The van der Waals surface area contributed by atoms with Gasteiger partial charge in [0, 0.05) is 11.6 Å². The second-order valence-electron chi connectivity index (χ2n) is 4.10. The molecule has 0 aliphatic rings. The van der Waals surface area contributed by atoms with Crippen molar-refractivity contribution in [2.75, 3.05) is 7.11 Å².